The fourth-order valence-electron chi connectivity index (χ4n) is 2.67. The number of aromatic nitrogens is 1. The van der Waals surface area contributed by atoms with Crippen LogP contribution in [-0.2, 0) is 16.0 Å². The Morgan fingerprint density at radius 3 is 2.91 bits per heavy atom. The molecule has 114 valence electrons. The Hall–Kier alpha value is -2.21. The number of hydrogen-bond acceptors (Lipinski definition) is 4. The van der Waals surface area contributed by atoms with Gasteiger partial charge in [0.1, 0.15) is 0 Å². The largest absolute Gasteiger partial charge is 0.348 e. The van der Waals surface area contributed by atoms with Crippen LogP contribution in [-0.4, -0.2) is 16.8 Å². The summed E-state index contributed by atoms with van der Waals surface area (Å²) < 4.78 is 0. The van der Waals surface area contributed by atoms with E-state index in [1.54, 1.807) is 0 Å². The third kappa shape index (κ3) is 3.01. The Labute approximate surface area is 132 Å². The van der Waals surface area contributed by atoms with E-state index in [1.807, 2.05) is 38.1 Å². The normalized spacial score (nSPS) is 16.8. The Bertz CT molecular complexity index is 739. The van der Waals surface area contributed by atoms with E-state index in [-0.39, 0.29) is 24.3 Å². The molecule has 0 aliphatic carbocycles. The second kappa shape index (κ2) is 5.88. The van der Waals surface area contributed by atoms with Crippen LogP contribution < -0.4 is 10.6 Å². The summed E-state index contributed by atoms with van der Waals surface area (Å²) in [5, 5.41) is 6.76. The predicted molar refractivity (Wildman–Crippen MR) is 85.9 cm³/mol. The van der Waals surface area contributed by atoms with Crippen molar-refractivity contribution >= 4 is 28.8 Å². The molecule has 1 aromatic carbocycles. The van der Waals surface area contributed by atoms with Crippen molar-refractivity contribution < 1.29 is 9.59 Å². The molecule has 0 unspecified atom stereocenters. The second-order valence-corrected chi connectivity index (χ2v) is 6.67. The summed E-state index contributed by atoms with van der Waals surface area (Å²) in [6.07, 6.45) is 0.571. The quantitative estimate of drug-likeness (QED) is 0.914. The van der Waals surface area contributed by atoms with Crippen molar-refractivity contribution in [3.05, 3.63) is 45.4 Å². The first-order valence-electron chi connectivity index (χ1n) is 7.14. The molecule has 3 rings (SSSR count). The molecule has 2 N–H and O–H groups in total. The van der Waals surface area contributed by atoms with Crippen LogP contribution in [0, 0.1) is 13.8 Å². The highest BCUT2D eigenvalue weighted by atomic mass is 32.1. The van der Waals surface area contributed by atoms with E-state index in [4.69, 9.17) is 0 Å². The highest BCUT2D eigenvalue weighted by molar-refractivity contribution is 7.11. The fraction of sp³-hybridized carbons (Fsp3) is 0.312. The Balaban J connectivity index is 1.74. The first kappa shape index (κ1) is 14.7. The SMILES string of the molecule is Cc1nc(C)c(CC(=O)N[C@@H]2CC(=O)Nc3ccccc32)s1. The van der Waals surface area contributed by atoms with Crippen molar-refractivity contribution in [3.63, 3.8) is 0 Å². The van der Waals surface area contributed by atoms with Gasteiger partial charge >= 0.3 is 0 Å². The third-order valence-corrected chi connectivity index (χ3v) is 4.73. The first-order valence-corrected chi connectivity index (χ1v) is 7.95. The predicted octanol–water partition coefficient (Wildman–Crippen LogP) is 2.50. The number of amides is 2. The van der Waals surface area contributed by atoms with E-state index in [2.05, 4.69) is 15.6 Å². The molecule has 0 spiro atoms. The number of benzene rings is 1. The monoisotopic (exact) mass is 315 g/mol. The van der Waals surface area contributed by atoms with E-state index in [0.717, 1.165) is 26.8 Å². The van der Waals surface area contributed by atoms with Gasteiger partial charge in [-0.3, -0.25) is 9.59 Å². The summed E-state index contributed by atoms with van der Waals surface area (Å²) in [4.78, 5) is 29.4. The number of rotatable bonds is 3. The minimum Gasteiger partial charge on any atom is -0.348 e. The maximum absolute atomic E-state index is 12.3. The summed E-state index contributed by atoms with van der Waals surface area (Å²) in [6, 6.07) is 7.29. The number of nitrogens with one attached hydrogen (secondary N) is 2. The molecule has 0 bridgehead atoms. The van der Waals surface area contributed by atoms with E-state index >= 15 is 0 Å². The summed E-state index contributed by atoms with van der Waals surface area (Å²) in [5.74, 6) is -0.157. The van der Waals surface area contributed by atoms with E-state index in [9.17, 15) is 9.59 Å². The molecule has 1 aromatic heterocycles. The molecule has 0 fully saturated rings. The molecule has 1 aliphatic heterocycles. The smallest absolute Gasteiger partial charge is 0.226 e. The Morgan fingerprint density at radius 2 is 2.18 bits per heavy atom. The van der Waals surface area contributed by atoms with E-state index < -0.39 is 0 Å². The van der Waals surface area contributed by atoms with E-state index in [0.29, 0.717) is 6.42 Å². The van der Waals surface area contributed by atoms with Crippen LogP contribution in [0.5, 0.6) is 0 Å². The molecule has 0 saturated heterocycles. The van der Waals surface area contributed by atoms with Crippen LogP contribution in [0.4, 0.5) is 5.69 Å². The zero-order chi connectivity index (χ0) is 15.7. The van der Waals surface area contributed by atoms with Gasteiger partial charge in [-0.2, -0.15) is 0 Å². The number of nitrogens with zero attached hydrogens (tertiary/aromatic N) is 1. The van der Waals surface area contributed by atoms with Crippen LogP contribution in [0.3, 0.4) is 0 Å². The molecule has 5 nitrogen and oxygen atoms in total. The van der Waals surface area contributed by atoms with E-state index in [1.165, 1.54) is 11.3 Å². The maximum Gasteiger partial charge on any atom is 0.226 e. The minimum absolute atomic E-state index is 0.0752. The number of para-hydroxylation sites is 1. The molecule has 2 amide bonds. The average Bonchev–Trinajstić information content (AvgIpc) is 2.76. The van der Waals surface area contributed by atoms with Crippen LogP contribution in [0.2, 0.25) is 0 Å². The number of hydrogen-bond donors (Lipinski definition) is 2. The molecule has 22 heavy (non-hydrogen) atoms. The van der Waals surface area contributed by atoms with Crippen LogP contribution >= 0.6 is 11.3 Å². The van der Waals surface area contributed by atoms with Gasteiger partial charge in [-0.25, -0.2) is 4.98 Å². The number of anilines is 1. The van der Waals surface area contributed by atoms with Gasteiger partial charge in [0, 0.05) is 10.6 Å². The van der Waals surface area contributed by atoms with Crippen molar-refractivity contribution in [3.8, 4) is 0 Å². The summed E-state index contributed by atoms with van der Waals surface area (Å²) in [6.45, 7) is 3.84. The molecular weight excluding hydrogens is 298 g/mol. The van der Waals surface area contributed by atoms with Gasteiger partial charge in [0.2, 0.25) is 11.8 Å². The molecular formula is C16H17N3O2S. The van der Waals surface area contributed by atoms with Gasteiger partial charge in [-0.1, -0.05) is 18.2 Å². The topological polar surface area (TPSA) is 71.1 Å². The van der Waals surface area contributed by atoms with Crippen LogP contribution in [0.1, 0.15) is 33.6 Å². The molecule has 2 heterocycles. The lowest BCUT2D eigenvalue weighted by molar-refractivity contribution is -0.122. The molecule has 6 heteroatoms. The molecule has 1 atom stereocenters. The first-order chi connectivity index (χ1) is 10.5. The zero-order valence-electron chi connectivity index (χ0n) is 12.5. The Morgan fingerprint density at radius 1 is 1.41 bits per heavy atom. The lowest BCUT2D eigenvalue weighted by atomic mass is 9.97. The van der Waals surface area contributed by atoms with Gasteiger partial charge in [0.05, 0.1) is 29.6 Å². The van der Waals surface area contributed by atoms with Gasteiger partial charge < -0.3 is 10.6 Å². The molecule has 2 aromatic rings. The van der Waals surface area contributed by atoms with Crippen LogP contribution in [0.25, 0.3) is 0 Å². The summed E-state index contributed by atoms with van der Waals surface area (Å²) >= 11 is 1.54. The lowest BCUT2D eigenvalue weighted by Gasteiger charge is -2.26. The van der Waals surface area contributed by atoms with Gasteiger partial charge in [0.15, 0.2) is 0 Å². The maximum atomic E-state index is 12.3. The number of carbonyl (C=O) groups is 2. The van der Waals surface area contributed by atoms with Gasteiger partial charge in [-0.15, -0.1) is 11.3 Å². The number of thiazole rings is 1. The zero-order valence-corrected chi connectivity index (χ0v) is 13.3. The molecule has 0 radical (unpaired) electrons. The average molecular weight is 315 g/mol. The number of carbonyl (C=O) groups excluding carboxylic acids is 2. The summed E-state index contributed by atoms with van der Waals surface area (Å²) in [5.41, 5.74) is 2.63. The summed E-state index contributed by atoms with van der Waals surface area (Å²) in [7, 11) is 0. The van der Waals surface area contributed by atoms with Crippen molar-refractivity contribution in [2.45, 2.75) is 32.7 Å². The van der Waals surface area contributed by atoms with Gasteiger partial charge in [0.25, 0.3) is 0 Å². The highest BCUT2D eigenvalue weighted by Crippen LogP contribution is 2.30. The number of fused-ring (bicyclic) bond motifs is 1. The second-order valence-electron chi connectivity index (χ2n) is 5.38. The standard InChI is InChI=1S/C16H17N3O2S/c1-9-14(22-10(2)17-9)8-16(21)19-13-7-15(20)18-12-6-4-3-5-11(12)13/h3-6,13H,7-8H2,1-2H3,(H,18,20)(H,19,21)/t13-/m1/s1. The van der Waals surface area contributed by atoms with Crippen LogP contribution in [0.15, 0.2) is 24.3 Å². The number of aryl methyl sites for hydroxylation is 2. The Kier molecular flexibility index (Phi) is 3.94. The van der Waals surface area contributed by atoms with Crippen molar-refractivity contribution in [2.75, 3.05) is 5.32 Å². The molecule has 0 saturated carbocycles. The highest BCUT2D eigenvalue weighted by Gasteiger charge is 2.26. The van der Waals surface area contributed by atoms with Crippen molar-refractivity contribution in [1.29, 1.82) is 0 Å². The van der Waals surface area contributed by atoms with Crippen molar-refractivity contribution in [1.82, 2.24) is 10.3 Å². The van der Waals surface area contributed by atoms with Gasteiger partial charge in [-0.05, 0) is 25.5 Å². The minimum atomic E-state index is -0.272. The fourth-order valence-corrected chi connectivity index (χ4v) is 3.60. The van der Waals surface area contributed by atoms with Crippen molar-refractivity contribution in [2.24, 2.45) is 0 Å². The lowest BCUT2D eigenvalue weighted by Crippen LogP contribution is -2.35. The molecule has 1 aliphatic rings. The third-order valence-electron chi connectivity index (χ3n) is 3.66.